The fraction of sp³-hybridized carbons (Fsp3) is 0.200. The van der Waals surface area contributed by atoms with Crippen LogP contribution in [0.3, 0.4) is 0 Å². The third-order valence-corrected chi connectivity index (χ3v) is 3.43. The highest BCUT2D eigenvalue weighted by Gasteiger charge is 2.16. The van der Waals surface area contributed by atoms with E-state index >= 15 is 0 Å². The van der Waals surface area contributed by atoms with Gasteiger partial charge in [0.25, 0.3) is 0 Å². The number of carbonyl (C=O) groups excluding carboxylic acids is 1. The molecule has 1 aromatic carbocycles. The van der Waals surface area contributed by atoms with Crippen molar-refractivity contribution in [2.24, 2.45) is 5.73 Å². The van der Waals surface area contributed by atoms with E-state index < -0.39 is 27.5 Å². The number of carboxylic acid groups (broad SMARTS) is 1. The molecule has 0 aliphatic heterocycles. The van der Waals surface area contributed by atoms with E-state index in [0.717, 1.165) is 0 Å². The normalized spacial score (nSPS) is 11.1. The second kappa shape index (κ2) is 4.96. The second-order valence-corrected chi connectivity index (χ2v) is 5.55. The molecule has 6 nitrogen and oxygen atoms in total. The number of primary amides is 1. The van der Waals surface area contributed by atoms with E-state index in [4.69, 9.17) is 10.8 Å². The van der Waals surface area contributed by atoms with E-state index in [1.165, 1.54) is 24.3 Å². The van der Waals surface area contributed by atoms with E-state index in [9.17, 15) is 18.0 Å². The summed E-state index contributed by atoms with van der Waals surface area (Å²) in [5, 5.41) is 8.40. The predicted octanol–water partition coefficient (Wildman–Crippen LogP) is -0.215. The average molecular weight is 257 g/mol. The topological polar surface area (TPSA) is 115 Å². The van der Waals surface area contributed by atoms with E-state index in [2.05, 4.69) is 0 Å². The molecule has 92 valence electrons. The Hall–Kier alpha value is -1.89. The lowest BCUT2D eigenvalue weighted by Gasteiger charge is -2.02. The van der Waals surface area contributed by atoms with Gasteiger partial charge in [-0.3, -0.25) is 9.59 Å². The van der Waals surface area contributed by atoms with Crippen LogP contribution in [0.15, 0.2) is 24.3 Å². The number of carboxylic acids is 1. The third-order valence-electron chi connectivity index (χ3n) is 1.97. The Morgan fingerprint density at radius 3 is 2.12 bits per heavy atom. The zero-order valence-electron chi connectivity index (χ0n) is 8.79. The van der Waals surface area contributed by atoms with Crippen LogP contribution in [0.5, 0.6) is 0 Å². The van der Waals surface area contributed by atoms with Gasteiger partial charge in [-0.15, -0.1) is 0 Å². The van der Waals surface area contributed by atoms with Crippen molar-refractivity contribution in [3.05, 3.63) is 35.4 Å². The van der Waals surface area contributed by atoms with Crippen LogP contribution in [0.4, 0.5) is 0 Å². The highest BCUT2D eigenvalue weighted by molar-refractivity contribution is 7.91. The van der Waals surface area contributed by atoms with E-state index in [-0.39, 0.29) is 11.3 Å². The number of amides is 1. The Morgan fingerprint density at radius 2 is 1.71 bits per heavy atom. The van der Waals surface area contributed by atoms with Crippen LogP contribution < -0.4 is 5.73 Å². The number of rotatable bonds is 5. The first-order chi connectivity index (χ1) is 7.80. The van der Waals surface area contributed by atoms with Gasteiger partial charge in [-0.25, -0.2) is 8.42 Å². The minimum Gasteiger partial charge on any atom is -0.480 e. The van der Waals surface area contributed by atoms with Gasteiger partial charge < -0.3 is 10.8 Å². The van der Waals surface area contributed by atoms with Gasteiger partial charge in [0.2, 0.25) is 5.91 Å². The van der Waals surface area contributed by atoms with Gasteiger partial charge in [-0.2, -0.15) is 0 Å². The van der Waals surface area contributed by atoms with Crippen LogP contribution in [0, 0.1) is 0 Å². The van der Waals surface area contributed by atoms with Gasteiger partial charge >= 0.3 is 5.97 Å². The molecule has 1 amide bonds. The number of hydrogen-bond donors (Lipinski definition) is 2. The van der Waals surface area contributed by atoms with Crippen molar-refractivity contribution in [1.29, 1.82) is 0 Å². The minimum absolute atomic E-state index is 0.268. The molecule has 0 aliphatic rings. The first-order valence-corrected chi connectivity index (χ1v) is 6.43. The van der Waals surface area contributed by atoms with Gasteiger partial charge in [0.15, 0.2) is 9.84 Å². The van der Waals surface area contributed by atoms with Gasteiger partial charge in [0, 0.05) is 5.56 Å². The first-order valence-electron chi connectivity index (χ1n) is 4.61. The maximum Gasteiger partial charge on any atom is 0.318 e. The monoisotopic (exact) mass is 257 g/mol. The Bertz CT molecular complexity index is 532. The fourth-order valence-electron chi connectivity index (χ4n) is 1.26. The summed E-state index contributed by atoms with van der Waals surface area (Å²) in [6.07, 6.45) is 0. The highest BCUT2D eigenvalue weighted by Crippen LogP contribution is 2.08. The summed E-state index contributed by atoms with van der Waals surface area (Å²) >= 11 is 0. The van der Waals surface area contributed by atoms with Crippen molar-refractivity contribution in [1.82, 2.24) is 0 Å². The Labute approximate surface area is 98.0 Å². The standard InChI is InChI=1S/C10H11NO5S/c11-10(14)8-3-1-7(2-4-8)5-17(15,16)6-9(12)13/h1-4H,5-6H2,(H2,11,14)(H,12,13). The summed E-state index contributed by atoms with van der Waals surface area (Å²) in [6, 6.07) is 5.65. The molecule has 0 bridgehead atoms. The summed E-state index contributed by atoms with van der Waals surface area (Å²) < 4.78 is 22.7. The number of hydrogen-bond acceptors (Lipinski definition) is 4. The molecule has 0 fully saturated rings. The predicted molar refractivity (Wildman–Crippen MR) is 60.1 cm³/mol. The summed E-state index contributed by atoms with van der Waals surface area (Å²) in [5.41, 5.74) is 5.70. The lowest BCUT2D eigenvalue weighted by molar-refractivity contribution is -0.134. The highest BCUT2D eigenvalue weighted by atomic mass is 32.2. The summed E-state index contributed by atoms with van der Waals surface area (Å²) in [7, 11) is -3.68. The van der Waals surface area contributed by atoms with Crippen LogP contribution >= 0.6 is 0 Å². The van der Waals surface area contributed by atoms with Crippen LogP contribution in [-0.2, 0) is 20.4 Å². The molecule has 0 atom stereocenters. The lowest BCUT2D eigenvalue weighted by Crippen LogP contribution is -2.17. The SMILES string of the molecule is NC(=O)c1ccc(CS(=O)(=O)CC(=O)O)cc1. The van der Waals surface area contributed by atoms with E-state index in [0.29, 0.717) is 5.56 Å². The molecule has 0 heterocycles. The van der Waals surface area contributed by atoms with E-state index in [1.807, 2.05) is 0 Å². The molecule has 0 aromatic heterocycles. The third kappa shape index (κ3) is 4.23. The summed E-state index contributed by atoms with van der Waals surface area (Å²) in [6.45, 7) is 0. The molecule has 7 heteroatoms. The maximum absolute atomic E-state index is 11.4. The molecule has 17 heavy (non-hydrogen) atoms. The Morgan fingerprint density at radius 1 is 1.18 bits per heavy atom. The van der Waals surface area contributed by atoms with Crippen molar-refractivity contribution >= 4 is 21.7 Å². The molecule has 1 aromatic rings. The first kappa shape index (κ1) is 13.2. The quantitative estimate of drug-likeness (QED) is 0.757. The Balaban J connectivity index is 2.82. The average Bonchev–Trinajstić information content (AvgIpc) is 2.15. The van der Waals surface area contributed by atoms with Crippen LogP contribution in [-0.4, -0.2) is 31.2 Å². The molecular formula is C10H11NO5S. The second-order valence-electron chi connectivity index (χ2n) is 3.49. The largest absolute Gasteiger partial charge is 0.480 e. The van der Waals surface area contributed by atoms with Gasteiger partial charge in [-0.1, -0.05) is 12.1 Å². The van der Waals surface area contributed by atoms with Gasteiger partial charge in [0.1, 0.15) is 5.75 Å². The van der Waals surface area contributed by atoms with Crippen LogP contribution in [0.25, 0.3) is 0 Å². The molecular weight excluding hydrogens is 246 g/mol. The molecule has 0 saturated carbocycles. The van der Waals surface area contributed by atoms with Crippen LogP contribution in [0.2, 0.25) is 0 Å². The molecule has 0 aliphatic carbocycles. The van der Waals surface area contributed by atoms with Crippen molar-refractivity contribution < 1.29 is 23.1 Å². The zero-order chi connectivity index (χ0) is 13.1. The van der Waals surface area contributed by atoms with Crippen molar-refractivity contribution in [2.75, 3.05) is 5.75 Å². The molecule has 0 spiro atoms. The lowest BCUT2D eigenvalue weighted by atomic mass is 10.1. The minimum atomic E-state index is -3.68. The molecule has 0 radical (unpaired) electrons. The summed E-state index contributed by atoms with van der Waals surface area (Å²) in [5.74, 6) is -3.29. The van der Waals surface area contributed by atoms with Gasteiger partial charge in [0.05, 0.1) is 5.75 Å². The van der Waals surface area contributed by atoms with Gasteiger partial charge in [-0.05, 0) is 17.7 Å². The maximum atomic E-state index is 11.4. The Kier molecular flexibility index (Phi) is 3.84. The number of benzene rings is 1. The molecule has 0 saturated heterocycles. The van der Waals surface area contributed by atoms with E-state index in [1.54, 1.807) is 0 Å². The number of sulfone groups is 1. The number of carbonyl (C=O) groups is 2. The smallest absolute Gasteiger partial charge is 0.318 e. The van der Waals surface area contributed by atoms with Crippen molar-refractivity contribution in [3.8, 4) is 0 Å². The molecule has 0 unspecified atom stereocenters. The zero-order valence-corrected chi connectivity index (χ0v) is 9.61. The van der Waals surface area contributed by atoms with Crippen LogP contribution in [0.1, 0.15) is 15.9 Å². The number of aliphatic carboxylic acids is 1. The fourth-order valence-corrected chi connectivity index (χ4v) is 2.44. The van der Waals surface area contributed by atoms with Crippen molar-refractivity contribution in [2.45, 2.75) is 5.75 Å². The van der Waals surface area contributed by atoms with Crippen molar-refractivity contribution in [3.63, 3.8) is 0 Å². The summed E-state index contributed by atoms with van der Waals surface area (Å²) in [4.78, 5) is 21.1. The molecule has 3 N–H and O–H groups in total. The molecule has 1 rings (SSSR count). The number of nitrogens with two attached hydrogens (primary N) is 1.